The first-order valence-electron chi connectivity index (χ1n) is 4.18. The van der Waals surface area contributed by atoms with Crippen LogP contribution in [0, 0.1) is 11.3 Å². The molecule has 1 aromatic rings. The van der Waals surface area contributed by atoms with Gasteiger partial charge in [0.1, 0.15) is 11.9 Å². The van der Waals surface area contributed by atoms with E-state index in [2.05, 4.69) is 0 Å². The molecule has 14 heavy (non-hydrogen) atoms. The molecule has 2 N–H and O–H groups in total. The molecule has 0 atom stereocenters. The minimum atomic E-state index is -0.608. The summed E-state index contributed by atoms with van der Waals surface area (Å²) in [5.41, 5.74) is 0.543. The number of ether oxygens (including phenoxy) is 1. The second-order valence-electron chi connectivity index (χ2n) is 2.74. The maximum absolute atomic E-state index is 8.75. The quantitative estimate of drug-likeness (QED) is 0.720. The summed E-state index contributed by atoms with van der Waals surface area (Å²) in [6, 6.07) is 8.45. The largest absolute Gasteiger partial charge is 0.486 e. The van der Waals surface area contributed by atoms with E-state index in [1.54, 1.807) is 24.3 Å². The van der Waals surface area contributed by atoms with Gasteiger partial charge in [0.2, 0.25) is 0 Å². The molecule has 0 fully saturated rings. The second-order valence-corrected chi connectivity index (χ2v) is 2.74. The van der Waals surface area contributed by atoms with Crippen molar-refractivity contribution in [2.24, 2.45) is 0 Å². The molecule has 0 saturated carbocycles. The van der Waals surface area contributed by atoms with Gasteiger partial charge in [-0.15, -0.1) is 0 Å². The van der Waals surface area contributed by atoms with Crippen molar-refractivity contribution in [3.63, 3.8) is 0 Å². The predicted octanol–water partition coefficient (Wildman–Crippen LogP) is 0.290. The highest BCUT2D eigenvalue weighted by Crippen LogP contribution is 2.13. The molecule has 0 saturated heterocycles. The molecule has 4 heteroatoms. The fourth-order valence-corrected chi connectivity index (χ4v) is 0.933. The van der Waals surface area contributed by atoms with Crippen molar-refractivity contribution in [2.45, 2.75) is 6.10 Å². The van der Waals surface area contributed by atoms with Gasteiger partial charge < -0.3 is 14.9 Å². The third-order valence-corrected chi connectivity index (χ3v) is 1.69. The van der Waals surface area contributed by atoms with Crippen molar-refractivity contribution in [1.82, 2.24) is 0 Å². The van der Waals surface area contributed by atoms with Crippen LogP contribution in [0.3, 0.4) is 0 Å². The molecule has 0 aliphatic carbocycles. The van der Waals surface area contributed by atoms with Crippen molar-refractivity contribution < 1.29 is 14.9 Å². The summed E-state index contributed by atoms with van der Waals surface area (Å²) >= 11 is 0. The Morgan fingerprint density at radius 2 is 1.79 bits per heavy atom. The van der Waals surface area contributed by atoms with E-state index in [1.165, 1.54) is 0 Å². The third kappa shape index (κ3) is 2.73. The van der Waals surface area contributed by atoms with Crippen LogP contribution in [-0.4, -0.2) is 29.5 Å². The summed E-state index contributed by atoms with van der Waals surface area (Å²) in [6.07, 6.45) is -0.608. The van der Waals surface area contributed by atoms with Crippen LogP contribution in [0.1, 0.15) is 5.56 Å². The molecule has 0 amide bonds. The molecule has 0 heterocycles. The molecule has 0 bridgehead atoms. The Labute approximate surface area is 82.0 Å². The zero-order chi connectivity index (χ0) is 10.4. The zero-order valence-electron chi connectivity index (χ0n) is 7.55. The van der Waals surface area contributed by atoms with Crippen LogP contribution < -0.4 is 4.74 Å². The Bertz CT molecular complexity index is 311. The number of nitrogens with zero attached hydrogens (tertiary/aromatic N) is 1. The molecular weight excluding hydrogens is 182 g/mol. The van der Waals surface area contributed by atoms with E-state index < -0.39 is 6.10 Å². The maximum atomic E-state index is 8.75. The third-order valence-electron chi connectivity index (χ3n) is 1.69. The lowest BCUT2D eigenvalue weighted by Crippen LogP contribution is -2.25. The summed E-state index contributed by atoms with van der Waals surface area (Å²) < 4.78 is 5.20. The van der Waals surface area contributed by atoms with Crippen LogP contribution in [0.5, 0.6) is 5.75 Å². The highest BCUT2D eigenvalue weighted by atomic mass is 16.5. The molecule has 1 rings (SSSR count). The molecular formula is C10H11NO3. The Balaban J connectivity index is 2.64. The lowest BCUT2D eigenvalue weighted by atomic mass is 10.2. The molecule has 0 aromatic heterocycles. The van der Waals surface area contributed by atoms with Gasteiger partial charge >= 0.3 is 0 Å². The first-order valence-corrected chi connectivity index (χ1v) is 4.18. The number of aliphatic hydroxyl groups excluding tert-OH is 2. The molecule has 0 aliphatic heterocycles. The van der Waals surface area contributed by atoms with Crippen LogP contribution >= 0.6 is 0 Å². The van der Waals surface area contributed by atoms with Crippen molar-refractivity contribution >= 4 is 0 Å². The SMILES string of the molecule is N#Cc1ccc(OC(CO)CO)cc1. The maximum Gasteiger partial charge on any atom is 0.145 e. The van der Waals surface area contributed by atoms with Crippen molar-refractivity contribution in [3.05, 3.63) is 29.8 Å². The summed E-state index contributed by atoms with van der Waals surface area (Å²) in [6.45, 7) is -0.479. The molecule has 74 valence electrons. The second kappa shape index (κ2) is 5.22. The Kier molecular flexibility index (Phi) is 3.92. The van der Waals surface area contributed by atoms with Gasteiger partial charge in [0.25, 0.3) is 0 Å². The van der Waals surface area contributed by atoms with Crippen LogP contribution in [0.4, 0.5) is 0 Å². The normalized spacial score (nSPS) is 9.86. The summed E-state index contributed by atoms with van der Waals surface area (Å²) in [5.74, 6) is 0.525. The lowest BCUT2D eigenvalue weighted by molar-refractivity contribution is 0.0629. The Hall–Kier alpha value is -1.57. The standard InChI is InChI=1S/C10H11NO3/c11-5-8-1-3-9(4-2-8)14-10(6-12)7-13/h1-4,10,12-13H,6-7H2. The van der Waals surface area contributed by atoms with Gasteiger partial charge in [-0.3, -0.25) is 0 Å². The van der Waals surface area contributed by atoms with Crippen LogP contribution in [0.25, 0.3) is 0 Å². The van der Waals surface area contributed by atoms with E-state index in [0.717, 1.165) is 0 Å². The summed E-state index contributed by atoms with van der Waals surface area (Å²) in [7, 11) is 0. The Morgan fingerprint density at radius 3 is 2.21 bits per heavy atom. The van der Waals surface area contributed by atoms with Crippen molar-refractivity contribution in [3.8, 4) is 11.8 Å². The van der Waals surface area contributed by atoms with Gasteiger partial charge in [-0.1, -0.05) is 0 Å². The number of hydrogen-bond donors (Lipinski definition) is 2. The summed E-state index contributed by atoms with van der Waals surface area (Å²) in [4.78, 5) is 0. The number of rotatable bonds is 4. The lowest BCUT2D eigenvalue weighted by Gasteiger charge is -2.13. The van der Waals surface area contributed by atoms with Crippen molar-refractivity contribution in [2.75, 3.05) is 13.2 Å². The fourth-order valence-electron chi connectivity index (χ4n) is 0.933. The average Bonchev–Trinajstić information content (AvgIpc) is 2.26. The summed E-state index contributed by atoms with van der Waals surface area (Å²) in [5, 5.41) is 26.0. The van der Waals surface area contributed by atoms with E-state index in [9.17, 15) is 0 Å². The molecule has 0 spiro atoms. The Morgan fingerprint density at radius 1 is 1.21 bits per heavy atom. The van der Waals surface area contributed by atoms with Crippen LogP contribution in [-0.2, 0) is 0 Å². The van der Waals surface area contributed by atoms with Gasteiger partial charge in [0.15, 0.2) is 0 Å². The first-order chi connectivity index (χ1) is 6.80. The van der Waals surface area contributed by atoms with Gasteiger partial charge in [-0.2, -0.15) is 5.26 Å². The molecule has 4 nitrogen and oxygen atoms in total. The smallest absolute Gasteiger partial charge is 0.145 e. The van der Waals surface area contributed by atoms with Gasteiger partial charge in [-0.25, -0.2) is 0 Å². The highest BCUT2D eigenvalue weighted by molar-refractivity contribution is 5.34. The zero-order valence-corrected chi connectivity index (χ0v) is 7.55. The minimum absolute atomic E-state index is 0.240. The number of nitriles is 1. The van der Waals surface area contributed by atoms with E-state index in [4.69, 9.17) is 20.2 Å². The van der Waals surface area contributed by atoms with Gasteiger partial charge in [0, 0.05) is 0 Å². The van der Waals surface area contributed by atoms with Gasteiger partial charge in [-0.05, 0) is 24.3 Å². The van der Waals surface area contributed by atoms with Crippen molar-refractivity contribution in [1.29, 1.82) is 5.26 Å². The van der Waals surface area contributed by atoms with Gasteiger partial charge in [0.05, 0.1) is 24.8 Å². The van der Waals surface area contributed by atoms with Crippen LogP contribution in [0.15, 0.2) is 24.3 Å². The first kappa shape index (κ1) is 10.5. The monoisotopic (exact) mass is 193 g/mol. The van der Waals surface area contributed by atoms with E-state index >= 15 is 0 Å². The number of hydrogen-bond acceptors (Lipinski definition) is 4. The average molecular weight is 193 g/mol. The van der Waals surface area contributed by atoms with E-state index in [1.807, 2.05) is 6.07 Å². The highest BCUT2D eigenvalue weighted by Gasteiger charge is 2.06. The number of aliphatic hydroxyl groups is 2. The number of benzene rings is 1. The molecule has 0 radical (unpaired) electrons. The topological polar surface area (TPSA) is 73.5 Å². The minimum Gasteiger partial charge on any atom is -0.486 e. The van der Waals surface area contributed by atoms with E-state index in [-0.39, 0.29) is 13.2 Å². The molecule has 1 aromatic carbocycles. The van der Waals surface area contributed by atoms with E-state index in [0.29, 0.717) is 11.3 Å². The molecule has 0 unspecified atom stereocenters. The molecule has 0 aliphatic rings. The van der Waals surface area contributed by atoms with Crippen LogP contribution in [0.2, 0.25) is 0 Å². The fraction of sp³-hybridized carbons (Fsp3) is 0.300. The predicted molar refractivity (Wildman–Crippen MR) is 49.7 cm³/mol.